The molecule has 0 aromatic heterocycles. The lowest BCUT2D eigenvalue weighted by molar-refractivity contribution is -0.120. The van der Waals surface area contributed by atoms with Gasteiger partial charge in [-0.05, 0) is 55.0 Å². The van der Waals surface area contributed by atoms with Crippen LogP contribution in [0.2, 0.25) is 0 Å². The topological polar surface area (TPSA) is 96.9 Å². The molecule has 228 valence electrons. The molecule has 0 saturated heterocycles. The van der Waals surface area contributed by atoms with Gasteiger partial charge in [0.25, 0.3) is 0 Å². The van der Waals surface area contributed by atoms with E-state index in [9.17, 15) is 14.7 Å². The number of imide groups is 1. The number of phenolic OH excluding ortho intramolecular Hbond substituents is 1. The van der Waals surface area contributed by atoms with Gasteiger partial charge in [0.2, 0.25) is 5.91 Å². The summed E-state index contributed by atoms with van der Waals surface area (Å²) in [6, 6.07) is 13.0. The zero-order chi connectivity index (χ0) is 29.4. The largest absolute Gasteiger partial charge is 0.508 e. The lowest BCUT2D eigenvalue weighted by atomic mass is 10.0. The molecule has 2 aromatic carbocycles. The zero-order valence-corrected chi connectivity index (χ0v) is 25.1. The highest BCUT2D eigenvalue weighted by molar-refractivity contribution is 5.94. The smallest absolute Gasteiger partial charge is 0.321 e. The Morgan fingerprint density at radius 1 is 0.634 bits per heavy atom. The van der Waals surface area contributed by atoms with E-state index in [2.05, 4.69) is 17.6 Å². The number of nitrogens with one attached hydrogen (secondary N) is 2. The molecule has 7 heteroatoms. The second-order valence-electron chi connectivity index (χ2n) is 10.8. The number of unbranched alkanes of at least 4 members (excludes halogenated alkanes) is 15. The summed E-state index contributed by atoms with van der Waals surface area (Å²) >= 11 is 0. The van der Waals surface area contributed by atoms with Gasteiger partial charge >= 0.3 is 6.03 Å². The quantitative estimate of drug-likeness (QED) is 0.116. The summed E-state index contributed by atoms with van der Waals surface area (Å²) in [6.45, 7) is 3.01. The van der Waals surface area contributed by atoms with Crippen LogP contribution in [-0.4, -0.2) is 30.2 Å². The predicted molar refractivity (Wildman–Crippen MR) is 166 cm³/mol. The fourth-order valence-electron chi connectivity index (χ4n) is 4.62. The van der Waals surface area contributed by atoms with Crippen LogP contribution in [0.3, 0.4) is 0 Å². The second-order valence-corrected chi connectivity index (χ2v) is 10.8. The molecular weight excluding hydrogens is 516 g/mol. The first-order valence-corrected chi connectivity index (χ1v) is 15.8. The first kappa shape index (κ1) is 34.0. The van der Waals surface area contributed by atoms with Crippen molar-refractivity contribution >= 4 is 11.9 Å². The number of amides is 3. The number of aromatic hydroxyl groups is 1. The van der Waals surface area contributed by atoms with Gasteiger partial charge in [-0.2, -0.15) is 0 Å². The molecule has 0 saturated carbocycles. The molecule has 7 nitrogen and oxygen atoms in total. The van der Waals surface area contributed by atoms with Gasteiger partial charge in [0, 0.05) is 6.54 Å². The molecule has 0 spiro atoms. The molecule has 0 atom stereocenters. The van der Waals surface area contributed by atoms with Gasteiger partial charge in [-0.1, -0.05) is 103 Å². The van der Waals surface area contributed by atoms with Crippen LogP contribution in [0, 0.1) is 0 Å². The molecule has 3 amide bonds. The van der Waals surface area contributed by atoms with Crippen molar-refractivity contribution in [2.24, 2.45) is 0 Å². The highest BCUT2D eigenvalue weighted by Gasteiger charge is 2.08. The van der Waals surface area contributed by atoms with E-state index in [4.69, 9.17) is 9.47 Å². The summed E-state index contributed by atoms with van der Waals surface area (Å²) in [4.78, 5) is 24.0. The van der Waals surface area contributed by atoms with Gasteiger partial charge in [0.05, 0.1) is 13.0 Å². The molecule has 0 heterocycles. The average Bonchev–Trinajstić information content (AvgIpc) is 2.97. The third-order valence-electron chi connectivity index (χ3n) is 7.06. The number of hydrogen-bond donors (Lipinski definition) is 3. The summed E-state index contributed by atoms with van der Waals surface area (Å²) < 4.78 is 11.3. The summed E-state index contributed by atoms with van der Waals surface area (Å²) in [5, 5.41) is 14.5. The molecule has 0 fully saturated rings. The Bertz CT molecular complexity index is 947. The van der Waals surface area contributed by atoms with Gasteiger partial charge in [0.1, 0.15) is 23.0 Å². The SMILES string of the molecule is CCCCCCCCCCCCCCCCCCNC(=O)NC(=O)CCOc1ccc(Oc2ccc(O)cc2)cc1. The molecule has 3 N–H and O–H groups in total. The molecule has 0 aliphatic rings. The Labute approximate surface area is 247 Å². The molecule has 41 heavy (non-hydrogen) atoms. The molecule has 0 unspecified atom stereocenters. The summed E-state index contributed by atoms with van der Waals surface area (Å²) in [6.07, 6.45) is 21.1. The first-order chi connectivity index (χ1) is 20.1. The van der Waals surface area contributed by atoms with E-state index in [1.54, 1.807) is 48.5 Å². The van der Waals surface area contributed by atoms with Gasteiger partial charge in [0.15, 0.2) is 0 Å². The Morgan fingerprint density at radius 3 is 1.59 bits per heavy atom. The predicted octanol–water partition coefficient (Wildman–Crippen LogP) is 9.04. The maximum Gasteiger partial charge on any atom is 0.321 e. The van der Waals surface area contributed by atoms with E-state index in [1.807, 2.05) is 0 Å². The second kappa shape index (κ2) is 22.5. The van der Waals surface area contributed by atoms with E-state index >= 15 is 0 Å². The van der Waals surface area contributed by atoms with Crippen LogP contribution >= 0.6 is 0 Å². The number of urea groups is 1. The van der Waals surface area contributed by atoms with Gasteiger partial charge < -0.3 is 19.9 Å². The number of phenols is 1. The number of carbonyl (C=O) groups excluding carboxylic acids is 2. The number of carbonyl (C=O) groups is 2. The van der Waals surface area contributed by atoms with Crippen molar-refractivity contribution in [2.45, 2.75) is 116 Å². The Hall–Kier alpha value is -3.22. The molecule has 0 aliphatic heterocycles. The van der Waals surface area contributed by atoms with Crippen molar-refractivity contribution in [1.29, 1.82) is 0 Å². The van der Waals surface area contributed by atoms with Crippen LogP contribution in [0.5, 0.6) is 23.0 Å². The van der Waals surface area contributed by atoms with E-state index in [0.717, 1.165) is 12.8 Å². The minimum absolute atomic E-state index is 0.0816. The lowest BCUT2D eigenvalue weighted by Gasteiger charge is -2.09. The Balaban J connectivity index is 1.37. The first-order valence-electron chi connectivity index (χ1n) is 15.8. The van der Waals surface area contributed by atoms with E-state index in [-0.39, 0.29) is 24.7 Å². The van der Waals surface area contributed by atoms with Crippen molar-refractivity contribution in [3.63, 3.8) is 0 Å². The fraction of sp³-hybridized carbons (Fsp3) is 0.588. The van der Waals surface area contributed by atoms with Crippen LogP contribution in [0.25, 0.3) is 0 Å². The number of ether oxygens (including phenoxy) is 2. The van der Waals surface area contributed by atoms with Crippen LogP contribution in [-0.2, 0) is 4.79 Å². The number of rotatable bonds is 23. The molecular formula is C34H52N2O5. The minimum atomic E-state index is -0.452. The maximum atomic E-state index is 12.0. The molecule has 0 aliphatic carbocycles. The fourth-order valence-corrected chi connectivity index (χ4v) is 4.62. The molecule has 2 aromatic rings. The average molecular weight is 569 g/mol. The summed E-state index contributed by atoms with van der Waals surface area (Å²) in [5.74, 6) is 1.65. The molecule has 0 bridgehead atoms. The van der Waals surface area contributed by atoms with Crippen molar-refractivity contribution in [3.8, 4) is 23.0 Å². The number of hydrogen-bond acceptors (Lipinski definition) is 5. The maximum absolute atomic E-state index is 12.0. The third-order valence-corrected chi connectivity index (χ3v) is 7.06. The van der Waals surface area contributed by atoms with Gasteiger partial charge in [-0.15, -0.1) is 0 Å². The van der Waals surface area contributed by atoms with Crippen LogP contribution in [0.15, 0.2) is 48.5 Å². The van der Waals surface area contributed by atoms with E-state index < -0.39 is 6.03 Å². The van der Waals surface area contributed by atoms with Crippen LogP contribution in [0.1, 0.15) is 116 Å². The van der Waals surface area contributed by atoms with E-state index in [0.29, 0.717) is 23.8 Å². The van der Waals surface area contributed by atoms with Gasteiger partial charge in [-0.3, -0.25) is 10.1 Å². The number of benzene rings is 2. The van der Waals surface area contributed by atoms with Crippen molar-refractivity contribution < 1.29 is 24.2 Å². The van der Waals surface area contributed by atoms with Crippen molar-refractivity contribution in [2.75, 3.05) is 13.2 Å². The minimum Gasteiger partial charge on any atom is -0.508 e. The monoisotopic (exact) mass is 568 g/mol. The van der Waals surface area contributed by atoms with Gasteiger partial charge in [-0.25, -0.2) is 4.79 Å². The summed E-state index contributed by atoms with van der Waals surface area (Å²) in [5.41, 5.74) is 0. The molecule has 2 rings (SSSR count). The highest BCUT2D eigenvalue weighted by atomic mass is 16.5. The highest BCUT2D eigenvalue weighted by Crippen LogP contribution is 2.25. The Kier molecular flexibility index (Phi) is 18.6. The van der Waals surface area contributed by atoms with Crippen molar-refractivity contribution in [3.05, 3.63) is 48.5 Å². The standard InChI is InChI=1S/C34H52N2O5/c1-2-3-4-5-6-7-8-9-10-11-12-13-14-15-16-17-27-35-34(39)36-33(38)26-28-40-30-22-24-32(25-23-30)41-31-20-18-29(37)19-21-31/h18-25,37H,2-17,26-28H2,1H3,(H2,35,36,38,39). The third kappa shape index (κ3) is 18.0. The van der Waals surface area contributed by atoms with E-state index in [1.165, 1.54) is 89.9 Å². The molecule has 0 radical (unpaired) electrons. The Morgan fingerprint density at radius 2 is 1.07 bits per heavy atom. The van der Waals surface area contributed by atoms with Crippen LogP contribution < -0.4 is 20.1 Å². The lowest BCUT2D eigenvalue weighted by Crippen LogP contribution is -2.40. The summed E-state index contributed by atoms with van der Waals surface area (Å²) in [7, 11) is 0. The zero-order valence-electron chi connectivity index (χ0n) is 25.1. The van der Waals surface area contributed by atoms with Crippen LogP contribution in [0.4, 0.5) is 4.79 Å². The normalized spacial score (nSPS) is 10.8. The van der Waals surface area contributed by atoms with Crippen molar-refractivity contribution in [1.82, 2.24) is 10.6 Å².